The van der Waals surface area contributed by atoms with Gasteiger partial charge < -0.3 is 5.32 Å². The quantitative estimate of drug-likeness (QED) is 0.709. The Labute approximate surface area is 122 Å². The van der Waals surface area contributed by atoms with E-state index >= 15 is 0 Å². The third-order valence-electron chi connectivity index (χ3n) is 4.10. The second-order valence-corrected chi connectivity index (χ2v) is 6.60. The summed E-state index contributed by atoms with van der Waals surface area (Å²) in [6, 6.07) is 7.57. The van der Waals surface area contributed by atoms with Crippen LogP contribution in [0.2, 0.25) is 0 Å². The van der Waals surface area contributed by atoms with E-state index in [0.29, 0.717) is 6.04 Å². The summed E-state index contributed by atoms with van der Waals surface area (Å²) >= 11 is 1.95. The molecule has 0 aromatic heterocycles. The molecule has 106 valence electrons. The van der Waals surface area contributed by atoms with Gasteiger partial charge in [-0.3, -0.25) is 0 Å². The number of aryl methyl sites for hydroxylation is 2. The number of fused-ring (bicyclic) bond motifs is 1. The van der Waals surface area contributed by atoms with Gasteiger partial charge in [-0.2, -0.15) is 11.8 Å². The normalized spacial score (nSPS) is 15.5. The molecule has 0 amide bonds. The standard InChI is InChI=1S/C17H27NS/c1-14(18-11-4-3-5-12-19-2)16-10-9-15-7-6-8-17(15)13-16/h9-10,13-14,18H,3-8,11-12H2,1-2H3. The van der Waals surface area contributed by atoms with Crippen molar-refractivity contribution < 1.29 is 0 Å². The molecule has 0 saturated carbocycles. The lowest BCUT2D eigenvalue weighted by Crippen LogP contribution is -2.20. The minimum atomic E-state index is 0.492. The molecule has 1 N–H and O–H groups in total. The maximum absolute atomic E-state index is 3.66. The zero-order chi connectivity index (χ0) is 13.5. The van der Waals surface area contributed by atoms with Crippen molar-refractivity contribution in [2.75, 3.05) is 18.6 Å². The number of hydrogen-bond donors (Lipinski definition) is 1. The average molecular weight is 277 g/mol. The van der Waals surface area contributed by atoms with Crippen molar-refractivity contribution in [3.05, 3.63) is 34.9 Å². The molecule has 2 heteroatoms. The molecule has 1 aliphatic rings. The van der Waals surface area contributed by atoms with Crippen LogP contribution in [0.15, 0.2) is 18.2 Å². The van der Waals surface area contributed by atoms with Crippen LogP contribution in [0.25, 0.3) is 0 Å². The number of rotatable bonds is 8. The van der Waals surface area contributed by atoms with Gasteiger partial charge in [-0.1, -0.05) is 24.6 Å². The molecule has 0 bridgehead atoms. The minimum absolute atomic E-state index is 0.492. The van der Waals surface area contributed by atoms with Gasteiger partial charge in [0.15, 0.2) is 0 Å². The molecule has 0 aliphatic heterocycles. The van der Waals surface area contributed by atoms with Crippen LogP contribution >= 0.6 is 11.8 Å². The van der Waals surface area contributed by atoms with Crippen LogP contribution in [-0.2, 0) is 12.8 Å². The Morgan fingerprint density at radius 3 is 2.84 bits per heavy atom. The van der Waals surface area contributed by atoms with Crippen LogP contribution in [-0.4, -0.2) is 18.6 Å². The van der Waals surface area contributed by atoms with E-state index in [-0.39, 0.29) is 0 Å². The highest BCUT2D eigenvalue weighted by atomic mass is 32.2. The average Bonchev–Trinajstić information content (AvgIpc) is 2.89. The molecule has 19 heavy (non-hydrogen) atoms. The van der Waals surface area contributed by atoms with Gasteiger partial charge in [0.05, 0.1) is 0 Å². The first kappa shape index (κ1) is 14.9. The predicted octanol–water partition coefficient (Wildman–Crippen LogP) is 4.36. The van der Waals surface area contributed by atoms with E-state index in [0.717, 1.165) is 6.54 Å². The minimum Gasteiger partial charge on any atom is -0.310 e. The van der Waals surface area contributed by atoms with E-state index < -0.39 is 0 Å². The molecule has 0 spiro atoms. The lowest BCUT2D eigenvalue weighted by atomic mass is 10.0. The Hall–Kier alpha value is -0.470. The van der Waals surface area contributed by atoms with Crippen LogP contribution in [0.4, 0.5) is 0 Å². The largest absolute Gasteiger partial charge is 0.310 e. The number of hydrogen-bond acceptors (Lipinski definition) is 2. The summed E-state index contributed by atoms with van der Waals surface area (Å²) in [7, 11) is 0. The van der Waals surface area contributed by atoms with Gasteiger partial charge in [0.1, 0.15) is 0 Å². The first-order valence-corrected chi connectivity index (χ1v) is 9.04. The van der Waals surface area contributed by atoms with Crippen LogP contribution in [0.3, 0.4) is 0 Å². The topological polar surface area (TPSA) is 12.0 Å². The Balaban J connectivity index is 1.72. The molecule has 0 heterocycles. The summed E-state index contributed by atoms with van der Waals surface area (Å²) in [5.74, 6) is 1.31. The fraction of sp³-hybridized carbons (Fsp3) is 0.647. The van der Waals surface area contributed by atoms with E-state index in [1.165, 1.54) is 49.8 Å². The molecular weight excluding hydrogens is 250 g/mol. The van der Waals surface area contributed by atoms with Crippen molar-refractivity contribution in [3.8, 4) is 0 Å². The number of benzene rings is 1. The first-order valence-electron chi connectivity index (χ1n) is 7.65. The SMILES string of the molecule is CSCCCCCNC(C)c1ccc2c(c1)CCC2. The maximum atomic E-state index is 3.66. The van der Waals surface area contributed by atoms with Gasteiger partial charge in [0.2, 0.25) is 0 Å². The summed E-state index contributed by atoms with van der Waals surface area (Å²) in [5.41, 5.74) is 4.63. The molecule has 1 aromatic carbocycles. The Kier molecular flexibility index (Phi) is 6.25. The van der Waals surface area contributed by atoms with Crippen LogP contribution in [0, 0.1) is 0 Å². The summed E-state index contributed by atoms with van der Waals surface area (Å²) < 4.78 is 0. The van der Waals surface area contributed by atoms with E-state index in [1.54, 1.807) is 11.1 Å². The molecule has 0 fully saturated rings. The van der Waals surface area contributed by atoms with Crippen LogP contribution in [0.1, 0.15) is 55.3 Å². The molecule has 1 aromatic rings. The first-order chi connectivity index (χ1) is 9.31. The third kappa shape index (κ3) is 4.54. The molecule has 0 radical (unpaired) electrons. The molecular formula is C17H27NS. The number of unbranched alkanes of at least 4 members (excludes halogenated alkanes) is 2. The van der Waals surface area contributed by atoms with E-state index in [9.17, 15) is 0 Å². The summed E-state index contributed by atoms with van der Waals surface area (Å²) in [6.07, 6.45) is 10.1. The fourth-order valence-corrected chi connectivity index (χ4v) is 3.34. The van der Waals surface area contributed by atoms with Crippen molar-refractivity contribution in [3.63, 3.8) is 0 Å². The zero-order valence-electron chi connectivity index (χ0n) is 12.4. The summed E-state index contributed by atoms with van der Waals surface area (Å²) in [5, 5.41) is 3.66. The van der Waals surface area contributed by atoms with Gasteiger partial charge in [-0.25, -0.2) is 0 Å². The highest BCUT2D eigenvalue weighted by molar-refractivity contribution is 7.98. The maximum Gasteiger partial charge on any atom is 0.0291 e. The molecule has 1 aliphatic carbocycles. The molecule has 1 unspecified atom stereocenters. The second kappa shape index (κ2) is 7.96. The van der Waals surface area contributed by atoms with Gasteiger partial charge in [0.25, 0.3) is 0 Å². The van der Waals surface area contributed by atoms with E-state index in [4.69, 9.17) is 0 Å². The summed E-state index contributed by atoms with van der Waals surface area (Å²) in [6.45, 7) is 3.44. The monoisotopic (exact) mass is 277 g/mol. The van der Waals surface area contributed by atoms with Crippen LogP contribution in [0.5, 0.6) is 0 Å². The predicted molar refractivity (Wildman–Crippen MR) is 87.1 cm³/mol. The lowest BCUT2D eigenvalue weighted by Gasteiger charge is -2.15. The molecule has 1 nitrogen and oxygen atoms in total. The molecule has 1 atom stereocenters. The Morgan fingerprint density at radius 2 is 2.00 bits per heavy atom. The van der Waals surface area contributed by atoms with Gasteiger partial charge in [0, 0.05) is 6.04 Å². The second-order valence-electron chi connectivity index (χ2n) is 5.61. The zero-order valence-corrected chi connectivity index (χ0v) is 13.2. The van der Waals surface area contributed by atoms with E-state index in [2.05, 4.69) is 36.7 Å². The Bertz CT molecular complexity index is 389. The fourth-order valence-electron chi connectivity index (χ4n) is 2.85. The smallest absolute Gasteiger partial charge is 0.0291 e. The van der Waals surface area contributed by atoms with Crippen LogP contribution < -0.4 is 5.32 Å². The van der Waals surface area contributed by atoms with Crippen molar-refractivity contribution in [2.45, 2.75) is 51.5 Å². The highest BCUT2D eigenvalue weighted by Crippen LogP contribution is 2.25. The number of nitrogens with one attached hydrogen (secondary N) is 1. The third-order valence-corrected chi connectivity index (χ3v) is 4.80. The van der Waals surface area contributed by atoms with Gasteiger partial charge in [-0.05, 0) is 74.3 Å². The van der Waals surface area contributed by atoms with Gasteiger partial charge in [-0.15, -0.1) is 0 Å². The lowest BCUT2D eigenvalue weighted by molar-refractivity contribution is 0.544. The van der Waals surface area contributed by atoms with E-state index in [1.807, 2.05) is 11.8 Å². The Morgan fingerprint density at radius 1 is 1.16 bits per heavy atom. The van der Waals surface area contributed by atoms with Crippen molar-refractivity contribution in [1.29, 1.82) is 0 Å². The number of thioether (sulfide) groups is 1. The highest BCUT2D eigenvalue weighted by Gasteiger charge is 2.12. The summed E-state index contributed by atoms with van der Waals surface area (Å²) in [4.78, 5) is 0. The molecule has 0 saturated heterocycles. The van der Waals surface area contributed by atoms with Crippen molar-refractivity contribution in [1.82, 2.24) is 5.32 Å². The van der Waals surface area contributed by atoms with Gasteiger partial charge >= 0.3 is 0 Å². The van der Waals surface area contributed by atoms with Crippen molar-refractivity contribution in [2.24, 2.45) is 0 Å². The van der Waals surface area contributed by atoms with Crippen molar-refractivity contribution >= 4 is 11.8 Å². The molecule has 2 rings (SSSR count).